The van der Waals surface area contributed by atoms with E-state index in [4.69, 9.17) is 9.40 Å². The molecule has 0 saturated heterocycles. The van der Waals surface area contributed by atoms with E-state index in [-0.39, 0.29) is 47.9 Å². The van der Waals surface area contributed by atoms with Crippen molar-refractivity contribution in [3.63, 3.8) is 0 Å². The predicted molar refractivity (Wildman–Crippen MR) is 205 cm³/mol. The van der Waals surface area contributed by atoms with Crippen molar-refractivity contribution in [2.24, 2.45) is 10.8 Å². The molecule has 3 aromatic carbocycles. The Labute approximate surface area is 309 Å². The van der Waals surface area contributed by atoms with Crippen molar-refractivity contribution in [3.8, 4) is 11.3 Å². The van der Waals surface area contributed by atoms with Gasteiger partial charge in [0.15, 0.2) is 5.78 Å². The molecule has 6 aromatic rings. The van der Waals surface area contributed by atoms with Gasteiger partial charge in [-0.25, -0.2) is 0 Å². The average Bonchev–Trinajstić information content (AvgIpc) is 3.64. The number of hydrogen-bond acceptors (Lipinski definition) is 5. The number of hydrogen-bond donors (Lipinski definition) is 1. The van der Waals surface area contributed by atoms with E-state index in [0.717, 1.165) is 47.9 Å². The first-order chi connectivity index (χ1) is 22.7. The Morgan fingerprint density at radius 1 is 0.878 bits per heavy atom. The fourth-order valence-corrected chi connectivity index (χ4v) is 7.42. The predicted octanol–water partition coefficient (Wildman–Crippen LogP) is 13.1. The molecule has 0 aliphatic carbocycles. The molecule has 0 spiro atoms. The molecule has 1 N–H and O–H groups in total. The van der Waals surface area contributed by atoms with Gasteiger partial charge in [-0.2, -0.15) is 0 Å². The summed E-state index contributed by atoms with van der Waals surface area (Å²) in [5, 5.41) is 16.2. The third-order valence-corrected chi connectivity index (χ3v) is 11.9. The Kier molecular flexibility index (Phi) is 11.7. The zero-order chi connectivity index (χ0) is 35.0. The third kappa shape index (κ3) is 7.43. The summed E-state index contributed by atoms with van der Waals surface area (Å²) in [6.07, 6.45) is 8.52. The summed E-state index contributed by atoms with van der Waals surface area (Å²) in [4.78, 5) is 17.0. The van der Waals surface area contributed by atoms with Gasteiger partial charge in [0, 0.05) is 69.1 Å². The maximum Gasteiger partial charge on any atom is 0.164 e. The Bertz CT molecular complexity index is 2140. The summed E-state index contributed by atoms with van der Waals surface area (Å²) in [5.74, 6) is 0.286. The quantitative estimate of drug-likeness (QED) is 0.0941. The minimum absolute atomic E-state index is 0. The summed E-state index contributed by atoms with van der Waals surface area (Å²) in [6.45, 7) is 21.0. The average molecular weight is 853 g/mol. The molecule has 49 heavy (non-hydrogen) atoms. The molecule has 3 heterocycles. The number of aromatic nitrogens is 1. The minimum atomic E-state index is -0.337. The van der Waals surface area contributed by atoms with Gasteiger partial charge in [-0.15, -0.1) is 40.5 Å². The van der Waals surface area contributed by atoms with Crippen LogP contribution in [0.15, 0.2) is 77.2 Å². The summed E-state index contributed by atoms with van der Waals surface area (Å²) in [6, 6.07) is 21.0. The molecule has 1 radical (unpaired) electrons. The fraction of sp³-hybridized carbons (Fsp3) is 0.395. The van der Waals surface area contributed by atoms with Gasteiger partial charge in [0.25, 0.3) is 0 Å². The number of benzene rings is 3. The molecular formula is C43H50IrNO3S-. The Morgan fingerprint density at radius 3 is 2.16 bits per heavy atom. The van der Waals surface area contributed by atoms with Crippen molar-refractivity contribution < 1.29 is 34.4 Å². The van der Waals surface area contributed by atoms with Gasteiger partial charge in [0.05, 0.1) is 6.26 Å². The zero-order valence-corrected chi connectivity index (χ0v) is 33.8. The van der Waals surface area contributed by atoms with Gasteiger partial charge in [-0.3, -0.25) is 9.78 Å². The number of carbonyl (C=O) groups is 1. The standard InChI is InChI=1S/C28H22NOS.C15H28O2.Ir/c1-16-15-30-24-14-25-22(13-21(16)24)20-9-10-29-26(27(20)31-25)18-11-17-7-5-6-8-19(17)23(12-18)28(2,3)4;1-7-14(5,8-2)12(16)11-13(17)15(6,9-3)10-4;/h5-10,12-15H,1-4H3;11,16H,7-10H2,1-6H3;/q-1;;/b;12-11-;. The number of fused-ring (bicyclic) bond motifs is 5. The summed E-state index contributed by atoms with van der Waals surface area (Å²) < 4.78 is 8.18. The van der Waals surface area contributed by atoms with Crippen molar-refractivity contribution in [1.82, 2.24) is 4.98 Å². The number of nitrogens with zero attached hydrogens (tertiary/aromatic N) is 1. The SMILES string of the molecule is CCC(C)(CC)C(=O)/C=C(\O)C(C)(CC)CC.Cc1coc2cc3sc4c(-c5[c-]c6ccccc6c(C(C)(C)C)c5)nccc4c3cc12.[Ir]. The molecule has 0 amide bonds. The number of furan rings is 1. The number of ketones is 1. The molecule has 0 aliphatic heterocycles. The molecule has 0 aliphatic rings. The van der Waals surface area contributed by atoms with Crippen LogP contribution in [0.25, 0.3) is 53.2 Å². The molecule has 0 saturated carbocycles. The maximum absolute atomic E-state index is 12.2. The van der Waals surface area contributed by atoms with Crippen LogP contribution in [0, 0.1) is 23.8 Å². The van der Waals surface area contributed by atoms with Crippen LogP contribution < -0.4 is 0 Å². The Hall–Kier alpha value is -3.31. The summed E-state index contributed by atoms with van der Waals surface area (Å²) in [5.41, 5.74) is 4.92. The normalized spacial score (nSPS) is 12.7. The zero-order valence-electron chi connectivity index (χ0n) is 30.6. The number of aryl methyl sites for hydroxylation is 1. The number of thiophene rings is 1. The van der Waals surface area contributed by atoms with Crippen molar-refractivity contribution in [2.75, 3.05) is 0 Å². The molecular weight excluding hydrogens is 803 g/mol. The van der Waals surface area contributed by atoms with Crippen LogP contribution >= 0.6 is 11.3 Å². The fourth-order valence-electron chi connectivity index (χ4n) is 6.20. The van der Waals surface area contributed by atoms with E-state index in [0.29, 0.717) is 0 Å². The monoisotopic (exact) mass is 853 g/mol. The van der Waals surface area contributed by atoms with Crippen LogP contribution in [0.4, 0.5) is 0 Å². The molecule has 6 heteroatoms. The molecule has 3 aromatic heterocycles. The molecule has 6 rings (SSSR count). The number of carbonyl (C=O) groups excluding carboxylic acids is 1. The van der Waals surface area contributed by atoms with Crippen LogP contribution in [0.3, 0.4) is 0 Å². The maximum atomic E-state index is 12.2. The van der Waals surface area contributed by atoms with Gasteiger partial charge in [0.2, 0.25) is 0 Å². The van der Waals surface area contributed by atoms with E-state index in [1.807, 2.05) is 54.0 Å². The van der Waals surface area contributed by atoms with Crippen molar-refractivity contribution in [3.05, 3.63) is 90.0 Å². The molecule has 0 fully saturated rings. The number of rotatable bonds is 8. The van der Waals surface area contributed by atoms with E-state index < -0.39 is 0 Å². The number of pyridine rings is 1. The smallest absolute Gasteiger partial charge is 0.164 e. The number of aliphatic hydroxyl groups excluding tert-OH is 1. The Balaban J connectivity index is 0.000000260. The molecule has 0 unspecified atom stereocenters. The second-order valence-corrected chi connectivity index (χ2v) is 15.8. The molecule has 0 bridgehead atoms. The van der Waals surface area contributed by atoms with Crippen LogP contribution in [0.1, 0.15) is 99.1 Å². The van der Waals surface area contributed by atoms with E-state index >= 15 is 0 Å². The molecule has 261 valence electrons. The first-order valence-electron chi connectivity index (χ1n) is 17.3. The van der Waals surface area contributed by atoms with Crippen LogP contribution in [0.2, 0.25) is 0 Å². The van der Waals surface area contributed by atoms with Gasteiger partial charge < -0.3 is 9.52 Å². The Morgan fingerprint density at radius 2 is 1.53 bits per heavy atom. The number of allylic oxidation sites excluding steroid dienone is 2. The second-order valence-electron chi connectivity index (χ2n) is 14.7. The van der Waals surface area contributed by atoms with Crippen LogP contribution in [0.5, 0.6) is 0 Å². The molecule has 4 nitrogen and oxygen atoms in total. The van der Waals surface area contributed by atoms with Crippen molar-refractivity contribution in [1.29, 1.82) is 0 Å². The van der Waals surface area contributed by atoms with Gasteiger partial charge in [0.1, 0.15) is 11.3 Å². The molecule has 0 atom stereocenters. The van der Waals surface area contributed by atoms with E-state index in [9.17, 15) is 9.90 Å². The van der Waals surface area contributed by atoms with Gasteiger partial charge in [-0.05, 0) is 67.2 Å². The summed E-state index contributed by atoms with van der Waals surface area (Å²) in [7, 11) is 0. The first kappa shape index (κ1) is 38.5. The van der Waals surface area contributed by atoms with E-state index in [2.05, 4.69) is 82.3 Å². The van der Waals surface area contributed by atoms with E-state index in [1.165, 1.54) is 48.1 Å². The van der Waals surface area contributed by atoms with Gasteiger partial charge in [-0.1, -0.05) is 91.5 Å². The second kappa shape index (κ2) is 14.9. The van der Waals surface area contributed by atoms with E-state index in [1.54, 1.807) is 11.3 Å². The topological polar surface area (TPSA) is 63.3 Å². The largest absolute Gasteiger partial charge is 0.512 e. The number of aliphatic hydroxyl groups is 1. The summed E-state index contributed by atoms with van der Waals surface area (Å²) >= 11 is 1.78. The van der Waals surface area contributed by atoms with Crippen molar-refractivity contribution in [2.45, 2.75) is 100 Å². The van der Waals surface area contributed by atoms with Gasteiger partial charge >= 0.3 is 0 Å². The van der Waals surface area contributed by atoms with Crippen LogP contribution in [-0.2, 0) is 30.3 Å². The minimum Gasteiger partial charge on any atom is -0.512 e. The third-order valence-electron chi connectivity index (χ3n) is 10.7. The first-order valence-corrected chi connectivity index (χ1v) is 18.1. The van der Waals surface area contributed by atoms with Crippen molar-refractivity contribution >= 4 is 59.0 Å². The van der Waals surface area contributed by atoms with Crippen LogP contribution in [-0.4, -0.2) is 15.9 Å².